The van der Waals surface area contributed by atoms with Gasteiger partial charge in [0, 0.05) is 19.3 Å². The Bertz CT molecular complexity index is 1280. The van der Waals surface area contributed by atoms with Crippen LogP contribution in [0.4, 0.5) is 0 Å². The van der Waals surface area contributed by atoms with Gasteiger partial charge >= 0.3 is 17.9 Å². The number of carbonyl (C=O) groups is 3. The summed E-state index contributed by atoms with van der Waals surface area (Å²) < 4.78 is 16.8. The highest BCUT2D eigenvalue weighted by molar-refractivity contribution is 5.71. The van der Waals surface area contributed by atoms with Gasteiger partial charge in [-0.1, -0.05) is 189 Å². The van der Waals surface area contributed by atoms with E-state index in [4.69, 9.17) is 14.2 Å². The second-order valence-electron chi connectivity index (χ2n) is 16.7. The summed E-state index contributed by atoms with van der Waals surface area (Å²) in [6.07, 6.45) is 66.7. The number of unbranched alkanes of at least 4 members (excludes halogenated alkanes) is 18. The van der Waals surface area contributed by atoms with Gasteiger partial charge in [-0.25, -0.2) is 0 Å². The van der Waals surface area contributed by atoms with Crippen LogP contribution < -0.4 is 0 Å². The van der Waals surface area contributed by atoms with E-state index in [2.05, 4.69) is 118 Å². The number of hydrogen-bond donors (Lipinski definition) is 0. The van der Waals surface area contributed by atoms with Gasteiger partial charge in [0.05, 0.1) is 0 Å². The molecule has 0 amide bonds. The molecule has 0 heterocycles. The van der Waals surface area contributed by atoms with Crippen molar-refractivity contribution in [1.29, 1.82) is 0 Å². The number of carbonyl (C=O) groups excluding carboxylic acids is 3. The van der Waals surface area contributed by atoms with E-state index in [-0.39, 0.29) is 31.1 Å². The van der Waals surface area contributed by atoms with Crippen molar-refractivity contribution in [3.05, 3.63) is 97.2 Å². The van der Waals surface area contributed by atoms with E-state index >= 15 is 0 Å². The average molecular weight is 875 g/mol. The first-order valence-electron chi connectivity index (χ1n) is 25.7. The molecule has 0 saturated carbocycles. The Morgan fingerprint density at radius 3 is 0.984 bits per heavy atom. The van der Waals surface area contributed by atoms with Gasteiger partial charge in [0.2, 0.25) is 0 Å². The fraction of sp³-hybridized carbons (Fsp3) is 0.667. The Balaban J connectivity index is 4.47. The molecule has 63 heavy (non-hydrogen) atoms. The van der Waals surface area contributed by atoms with Crippen LogP contribution in [0.2, 0.25) is 0 Å². The number of allylic oxidation sites excluding steroid dienone is 16. The fourth-order valence-electron chi connectivity index (χ4n) is 6.73. The molecule has 0 aromatic heterocycles. The molecule has 358 valence electrons. The Morgan fingerprint density at radius 2 is 0.619 bits per heavy atom. The van der Waals surface area contributed by atoms with Crippen LogP contribution >= 0.6 is 0 Å². The predicted octanol–water partition coefficient (Wildman–Crippen LogP) is 17.0. The molecule has 0 N–H and O–H groups in total. The summed E-state index contributed by atoms with van der Waals surface area (Å²) in [5.41, 5.74) is 0. The predicted molar refractivity (Wildman–Crippen MR) is 270 cm³/mol. The Morgan fingerprint density at radius 1 is 0.333 bits per heavy atom. The van der Waals surface area contributed by atoms with Gasteiger partial charge in [0.25, 0.3) is 0 Å². The molecule has 0 fully saturated rings. The largest absolute Gasteiger partial charge is 0.462 e. The summed E-state index contributed by atoms with van der Waals surface area (Å²) in [7, 11) is 0. The van der Waals surface area contributed by atoms with Crippen LogP contribution in [-0.4, -0.2) is 37.2 Å². The zero-order chi connectivity index (χ0) is 45.8. The van der Waals surface area contributed by atoms with Crippen molar-refractivity contribution in [3.8, 4) is 0 Å². The van der Waals surface area contributed by atoms with Gasteiger partial charge in [-0.05, 0) is 116 Å². The highest BCUT2D eigenvalue weighted by atomic mass is 16.6. The monoisotopic (exact) mass is 875 g/mol. The molecular formula is C57H94O6. The van der Waals surface area contributed by atoms with E-state index in [1.54, 1.807) is 0 Å². The first-order valence-corrected chi connectivity index (χ1v) is 25.7. The van der Waals surface area contributed by atoms with Gasteiger partial charge in [0.15, 0.2) is 6.10 Å². The standard InChI is InChI=1S/C57H94O6/c1-4-7-10-13-16-19-22-25-27-28-30-33-35-38-41-44-47-50-56(59)62-53-54(63-57(60)51-48-45-42-39-36-31-24-21-18-15-12-9-6-3)52-61-55(58)49-46-43-40-37-34-32-29-26-23-20-17-14-11-8-5-2/h7-8,10-11,16-17,19-21,24-27,29-30,33,54H,4-6,9,12-15,18,22-23,28,31-32,34-53H2,1-3H3/b10-7-,11-8-,19-16-,20-17-,24-21-,27-25-,29-26-,33-30-/t54-/m0/s1. The van der Waals surface area contributed by atoms with Gasteiger partial charge in [0.1, 0.15) is 13.2 Å². The van der Waals surface area contributed by atoms with Crippen molar-refractivity contribution < 1.29 is 28.6 Å². The molecule has 0 aliphatic rings. The number of ether oxygens (including phenoxy) is 3. The molecule has 0 aromatic carbocycles. The zero-order valence-electron chi connectivity index (χ0n) is 40.8. The van der Waals surface area contributed by atoms with Crippen LogP contribution in [0, 0.1) is 0 Å². The van der Waals surface area contributed by atoms with E-state index in [0.717, 1.165) is 148 Å². The van der Waals surface area contributed by atoms with Crippen LogP contribution in [0.5, 0.6) is 0 Å². The van der Waals surface area contributed by atoms with Crippen molar-refractivity contribution in [2.45, 2.75) is 232 Å². The maximum atomic E-state index is 12.8. The molecule has 0 aromatic rings. The SMILES string of the molecule is CC/C=C\C/C=C\C/C=C\C/C=C\CCCCCCC(=O)OC[C@H](COC(=O)CCCCCCC/C=C\C/C=C\C/C=C\CC)OC(=O)CCCCCCC/C=C\CCCCCC. The van der Waals surface area contributed by atoms with E-state index in [1.807, 2.05) is 0 Å². The average Bonchev–Trinajstić information content (AvgIpc) is 3.28. The summed E-state index contributed by atoms with van der Waals surface area (Å²) >= 11 is 0. The van der Waals surface area contributed by atoms with Crippen LogP contribution in [0.25, 0.3) is 0 Å². The van der Waals surface area contributed by atoms with Gasteiger partial charge < -0.3 is 14.2 Å². The van der Waals surface area contributed by atoms with Crippen molar-refractivity contribution in [2.24, 2.45) is 0 Å². The smallest absolute Gasteiger partial charge is 0.306 e. The topological polar surface area (TPSA) is 78.9 Å². The van der Waals surface area contributed by atoms with E-state index < -0.39 is 6.10 Å². The molecular weight excluding hydrogens is 781 g/mol. The molecule has 0 aliphatic heterocycles. The third kappa shape index (κ3) is 49.2. The highest BCUT2D eigenvalue weighted by Crippen LogP contribution is 2.13. The lowest BCUT2D eigenvalue weighted by Crippen LogP contribution is -2.30. The van der Waals surface area contributed by atoms with Crippen molar-refractivity contribution >= 4 is 17.9 Å². The first-order chi connectivity index (χ1) is 31.0. The van der Waals surface area contributed by atoms with Crippen LogP contribution in [0.1, 0.15) is 226 Å². The minimum Gasteiger partial charge on any atom is -0.462 e. The van der Waals surface area contributed by atoms with Gasteiger partial charge in [-0.15, -0.1) is 0 Å². The molecule has 0 bridgehead atoms. The summed E-state index contributed by atoms with van der Waals surface area (Å²) in [6, 6.07) is 0. The van der Waals surface area contributed by atoms with Crippen LogP contribution in [-0.2, 0) is 28.6 Å². The highest BCUT2D eigenvalue weighted by Gasteiger charge is 2.19. The number of hydrogen-bond acceptors (Lipinski definition) is 6. The number of rotatable bonds is 45. The lowest BCUT2D eigenvalue weighted by atomic mass is 10.1. The molecule has 6 nitrogen and oxygen atoms in total. The zero-order valence-corrected chi connectivity index (χ0v) is 40.8. The fourth-order valence-corrected chi connectivity index (χ4v) is 6.73. The van der Waals surface area contributed by atoms with Gasteiger partial charge in [-0.2, -0.15) is 0 Å². The summed E-state index contributed by atoms with van der Waals surface area (Å²) in [5, 5.41) is 0. The summed E-state index contributed by atoms with van der Waals surface area (Å²) in [4.78, 5) is 38.0. The first kappa shape index (κ1) is 59.3. The summed E-state index contributed by atoms with van der Waals surface area (Å²) in [5.74, 6) is -0.951. The molecule has 0 saturated heterocycles. The maximum Gasteiger partial charge on any atom is 0.306 e. The maximum absolute atomic E-state index is 12.8. The van der Waals surface area contributed by atoms with E-state index in [0.29, 0.717) is 19.3 Å². The van der Waals surface area contributed by atoms with Crippen molar-refractivity contribution in [3.63, 3.8) is 0 Å². The minimum absolute atomic E-state index is 0.0990. The van der Waals surface area contributed by atoms with Crippen molar-refractivity contribution in [2.75, 3.05) is 13.2 Å². The Labute approximate surface area is 387 Å². The third-order valence-electron chi connectivity index (χ3n) is 10.6. The number of esters is 3. The minimum atomic E-state index is -0.799. The molecule has 0 spiro atoms. The molecule has 0 rings (SSSR count). The second kappa shape index (κ2) is 51.0. The van der Waals surface area contributed by atoms with Crippen LogP contribution in [0.3, 0.4) is 0 Å². The van der Waals surface area contributed by atoms with Gasteiger partial charge in [-0.3, -0.25) is 14.4 Å². The summed E-state index contributed by atoms with van der Waals surface area (Å²) in [6.45, 7) is 6.34. The lowest BCUT2D eigenvalue weighted by molar-refractivity contribution is -0.167. The quantitative estimate of drug-likeness (QED) is 0.0262. The van der Waals surface area contributed by atoms with Crippen LogP contribution in [0.15, 0.2) is 97.2 Å². The molecule has 0 aliphatic carbocycles. The molecule has 0 radical (unpaired) electrons. The normalized spacial score (nSPS) is 12.9. The molecule has 1 atom stereocenters. The van der Waals surface area contributed by atoms with E-state index in [9.17, 15) is 14.4 Å². The third-order valence-corrected chi connectivity index (χ3v) is 10.6. The second-order valence-corrected chi connectivity index (χ2v) is 16.7. The molecule has 6 heteroatoms. The Kier molecular flexibility index (Phi) is 48.0. The van der Waals surface area contributed by atoms with Crippen molar-refractivity contribution in [1.82, 2.24) is 0 Å². The molecule has 0 unspecified atom stereocenters. The Hall–Kier alpha value is -3.67. The van der Waals surface area contributed by atoms with E-state index in [1.165, 1.54) is 38.5 Å². The lowest BCUT2D eigenvalue weighted by Gasteiger charge is -2.18.